The molecule has 0 aliphatic carbocycles. The smallest absolute Gasteiger partial charge is 0.160 e. The van der Waals surface area contributed by atoms with Gasteiger partial charge >= 0.3 is 0 Å². The van der Waals surface area contributed by atoms with Crippen LogP contribution in [0.3, 0.4) is 0 Å². The van der Waals surface area contributed by atoms with Gasteiger partial charge < -0.3 is 20.5 Å². The fourth-order valence-corrected chi connectivity index (χ4v) is 2.28. The fraction of sp³-hybridized carbons (Fsp3) is 0.154. The molecule has 0 spiro atoms. The van der Waals surface area contributed by atoms with Gasteiger partial charge in [0.2, 0.25) is 0 Å². The maximum atomic E-state index is 9.60. The van der Waals surface area contributed by atoms with Crippen LogP contribution in [-0.2, 0) is 0 Å². The molecule has 0 saturated carbocycles. The molecule has 0 bridgehead atoms. The number of aromatic nitrogens is 1. The van der Waals surface area contributed by atoms with E-state index in [1.165, 1.54) is 7.11 Å². The fourth-order valence-electron chi connectivity index (χ4n) is 2.07. The van der Waals surface area contributed by atoms with Crippen LogP contribution in [-0.4, -0.2) is 17.2 Å². The molecule has 19 heavy (non-hydrogen) atoms. The van der Waals surface area contributed by atoms with Gasteiger partial charge in [0.1, 0.15) is 6.17 Å². The molecule has 0 radical (unpaired) electrons. The summed E-state index contributed by atoms with van der Waals surface area (Å²) < 4.78 is 5.10. The minimum Gasteiger partial charge on any atom is -0.504 e. The van der Waals surface area contributed by atoms with Gasteiger partial charge in [-0.2, -0.15) is 0 Å². The number of hydrogen-bond acceptors (Lipinski definition) is 5. The summed E-state index contributed by atoms with van der Waals surface area (Å²) in [4.78, 5) is 4.02. The number of nitrogens with one attached hydrogen (secondary N) is 2. The molecule has 2 heterocycles. The third-order valence-electron chi connectivity index (χ3n) is 3.03. The van der Waals surface area contributed by atoms with E-state index in [0.717, 1.165) is 16.9 Å². The van der Waals surface area contributed by atoms with E-state index < -0.39 is 0 Å². The second kappa shape index (κ2) is 4.51. The highest BCUT2D eigenvalue weighted by Crippen LogP contribution is 2.40. The van der Waals surface area contributed by atoms with Gasteiger partial charge in [-0.1, -0.05) is 17.7 Å². The monoisotopic (exact) mass is 277 g/mol. The Bertz CT molecular complexity index is 633. The summed E-state index contributed by atoms with van der Waals surface area (Å²) >= 11 is 6.03. The minimum atomic E-state index is -0.133. The van der Waals surface area contributed by atoms with Crippen molar-refractivity contribution in [3.63, 3.8) is 0 Å². The van der Waals surface area contributed by atoms with Crippen LogP contribution < -0.4 is 15.4 Å². The quantitative estimate of drug-likeness (QED) is 0.737. The molecule has 0 fully saturated rings. The molecule has 98 valence electrons. The average molecular weight is 278 g/mol. The second-order valence-electron chi connectivity index (χ2n) is 4.18. The van der Waals surface area contributed by atoms with Crippen LogP contribution >= 0.6 is 11.6 Å². The molecule has 1 unspecified atom stereocenters. The molecule has 1 aromatic heterocycles. The molecule has 2 aromatic rings. The van der Waals surface area contributed by atoms with Crippen molar-refractivity contribution < 1.29 is 9.84 Å². The van der Waals surface area contributed by atoms with Crippen LogP contribution in [0.25, 0.3) is 0 Å². The second-order valence-corrected chi connectivity index (χ2v) is 4.54. The maximum absolute atomic E-state index is 9.60. The van der Waals surface area contributed by atoms with Crippen LogP contribution in [0, 0.1) is 0 Å². The van der Waals surface area contributed by atoms with Crippen LogP contribution in [0.2, 0.25) is 5.15 Å². The molecule has 1 aliphatic rings. The summed E-state index contributed by atoms with van der Waals surface area (Å²) in [5, 5.41) is 16.6. The lowest BCUT2D eigenvalue weighted by Crippen LogP contribution is -2.12. The molecule has 1 aliphatic heterocycles. The number of methoxy groups -OCH3 is 1. The molecule has 0 amide bonds. The molecule has 3 N–H and O–H groups in total. The summed E-state index contributed by atoms with van der Waals surface area (Å²) in [6, 6.07) is 7.04. The van der Waals surface area contributed by atoms with E-state index in [9.17, 15) is 5.11 Å². The van der Waals surface area contributed by atoms with E-state index in [1.807, 2.05) is 12.1 Å². The normalized spacial score (nSPS) is 16.4. The Labute approximate surface area is 115 Å². The number of pyridine rings is 1. The highest BCUT2D eigenvalue weighted by Gasteiger charge is 2.24. The number of halogens is 1. The number of ether oxygens (including phenoxy) is 1. The number of phenolic OH excluding ortho intramolecular Hbond substituents is 1. The lowest BCUT2D eigenvalue weighted by Gasteiger charge is -2.14. The first-order chi connectivity index (χ1) is 9.19. The summed E-state index contributed by atoms with van der Waals surface area (Å²) in [5.41, 5.74) is 2.61. The van der Waals surface area contributed by atoms with Gasteiger partial charge in [-0.3, -0.25) is 0 Å². The predicted molar refractivity (Wildman–Crippen MR) is 73.9 cm³/mol. The SMILES string of the molecule is COc1cc(C2Nc3ccnc(Cl)c3N2)ccc1O. The molecular formula is C13H12ClN3O2. The molecule has 0 saturated heterocycles. The van der Waals surface area contributed by atoms with E-state index in [2.05, 4.69) is 15.6 Å². The number of hydrogen-bond donors (Lipinski definition) is 3. The average Bonchev–Trinajstić information content (AvgIpc) is 2.85. The zero-order valence-electron chi connectivity index (χ0n) is 10.1. The lowest BCUT2D eigenvalue weighted by atomic mass is 10.1. The first-order valence-electron chi connectivity index (χ1n) is 5.73. The van der Waals surface area contributed by atoms with Crippen LogP contribution in [0.5, 0.6) is 11.5 Å². The third kappa shape index (κ3) is 2.02. The lowest BCUT2D eigenvalue weighted by molar-refractivity contribution is 0.373. The Kier molecular flexibility index (Phi) is 2.83. The first kappa shape index (κ1) is 11.9. The van der Waals surface area contributed by atoms with Crippen molar-refractivity contribution in [1.82, 2.24) is 4.98 Å². The van der Waals surface area contributed by atoms with Crippen LogP contribution in [0.15, 0.2) is 30.5 Å². The molecule has 6 heteroatoms. The zero-order valence-corrected chi connectivity index (χ0v) is 10.9. The largest absolute Gasteiger partial charge is 0.504 e. The summed E-state index contributed by atoms with van der Waals surface area (Å²) in [6.07, 6.45) is 1.52. The van der Waals surface area contributed by atoms with E-state index in [0.29, 0.717) is 10.9 Å². The van der Waals surface area contributed by atoms with Gasteiger partial charge in [-0.05, 0) is 23.8 Å². The van der Waals surface area contributed by atoms with Crippen molar-refractivity contribution in [2.75, 3.05) is 17.7 Å². The Morgan fingerprint density at radius 3 is 2.89 bits per heavy atom. The van der Waals surface area contributed by atoms with Gasteiger partial charge in [-0.15, -0.1) is 0 Å². The van der Waals surface area contributed by atoms with Crippen molar-refractivity contribution in [2.45, 2.75) is 6.17 Å². The van der Waals surface area contributed by atoms with E-state index >= 15 is 0 Å². The van der Waals surface area contributed by atoms with E-state index in [1.54, 1.807) is 18.3 Å². The van der Waals surface area contributed by atoms with Crippen molar-refractivity contribution in [1.29, 1.82) is 0 Å². The van der Waals surface area contributed by atoms with Crippen molar-refractivity contribution in [2.24, 2.45) is 0 Å². The highest BCUT2D eigenvalue weighted by atomic mass is 35.5. The van der Waals surface area contributed by atoms with Crippen molar-refractivity contribution in [3.8, 4) is 11.5 Å². The number of phenols is 1. The number of fused-ring (bicyclic) bond motifs is 1. The van der Waals surface area contributed by atoms with Gasteiger partial charge in [0, 0.05) is 6.20 Å². The maximum Gasteiger partial charge on any atom is 0.160 e. The Balaban J connectivity index is 1.93. The van der Waals surface area contributed by atoms with E-state index in [4.69, 9.17) is 16.3 Å². The van der Waals surface area contributed by atoms with Gasteiger partial charge in [0.05, 0.1) is 18.5 Å². The number of anilines is 2. The van der Waals surface area contributed by atoms with Crippen molar-refractivity contribution in [3.05, 3.63) is 41.2 Å². The zero-order chi connectivity index (χ0) is 13.4. The molecule has 1 atom stereocenters. The third-order valence-corrected chi connectivity index (χ3v) is 3.32. The van der Waals surface area contributed by atoms with Gasteiger partial charge in [0.15, 0.2) is 16.7 Å². The Hall–Kier alpha value is -2.14. The first-order valence-corrected chi connectivity index (χ1v) is 6.11. The van der Waals surface area contributed by atoms with Crippen molar-refractivity contribution >= 4 is 23.0 Å². The molecular weight excluding hydrogens is 266 g/mol. The predicted octanol–water partition coefficient (Wildman–Crippen LogP) is 2.99. The van der Waals surface area contributed by atoms with Gasteiger partial charge in [0.25, 0.3) is 0 Å². The Morgan fingerprint density at radius 1 is 1.32 bits per heavy atom. The number of rotatable bonds is 2. The summed E-state index contributed by atoms with van der Waals surface area (Å²) in [5.74, 6) is 0.544. The number of nitrogens with zero attached hydrogens (tertiary/aromatic N) is 1. The van der Waals surface area contributed by atoms with Crippen LogP contribution in [0.1, 0.15) is 11.7 Å². The Morgan fingerprint density at radius 2 is 2.16 bits per heavy atom. The highest BCUT2D eigenvalue weighted by molar-refractivity contribution is 6.32. The minimum absolute atomic E-state index is 0.112. The molecule has 3 rings (SSSR count). The van der Waals surface area contributed by atoms with Gasteiger partial charge in [-0.25, -0.2) is 4.98 Å². The summed E-state index contributed by atoms with van der Waals surface area (Å²) in [7, 11) is 1.52. The number of benzene rings is 1. The topological polar surface area (TPSA) is 66.4 Å². The standard InChI is InChI=1S/C13H12ClN3O2/c1-19-10-6-7(2-3-9(10)18)13-16-8-4-5-15-12(14)11(8)17-13/h2-6,13,16-18H,1H3. The molecule has 1 aromatic carbocycles. The summed E-state index contributed by atoms with van der Waals surface area (Å²) in [6.45, 7) is 0. The number of aromatic hydroxyl groups is 1. The van der Waals surface area contributed by atoms with Crippen LogP contribution in [0.4, 0.5) is 11.4 Å². The molecule has 5 nitrogen and oxygen atoms in total. The van der Waals surface area contributed by atoms with E-state index in [-0.39, 0.29) is 11.9 Å².